The van der Waals surface area contributed by atoms with Gasteiger partial charge in [-0.25, -0.2) is 9.59 Å². The Kier molecular flexibility index (Phi) is 9.99. The minimum atomic E-state index is -4.00. The van der Waals surface area contributed by atoms with Crippen LogP contribution in [0.3, 0.4) is 0 Å². The number of nitrogens with two attached hydrogens (primary N) is 1. The lowest BCUT2D eigenvalue weighted by molar-refractivity contribution is -0.133. The number of hydrogen-bond donors (Lipinski definition) is 5. The molecule has 1 atom stereocenters. The van der Waals surface area contributed by atoms with Crippen molar-refractivity contribution in [2.24, 2.45) is 5.73 Å². The first-order valence-corrected chi connectivity index (χ1v) is 12.0. The minimum absolute atomic E-state index is 0.0238. The average molecular weight is 525 g/mol. The standard InChI is InChI=1S/C17H19ClN2O5.C6H6O3S/c1-9-13(16(21)22)14(10-4-2-3-5-11(10)18)15(17(23)24)12(20-9)8-25-7-6-19;7-10(8,9)6-4-2-1-3-5-6/h2-5,14,20H,6-8,19H2,1H3,(H,21,22)(H,23,24);1-5H,(H,7,8,9)/t14-;/m0./s1. The van der Waals surface area contributed by atoms with Gasteiger partial charge in [0.1, 0.15) is 0 Å². The number of halogens is 1. The van der Waals surface area contributed by atoms with Gasteiger partial charge in [0.15, 0.2) is 0 Å². The van der Waals surface area contributed by atoms with Gasteiger partial charge in [-0.1, -0.05) is 48.0 Å². The van der Waals surface area contributed by atoms with Crippen LogP contribution in [0.1, 0.15) is 18.4 Å². The third-order valence-electron chi connectivity index (χ3n) is 4.87. The Morgan fingerprint density at radius 2 is 1.60 bits per heavy atom. The molecule has 0 aliphatic carbocycles. The molecule has 35 heavy (non-hydrogen) atoms. The Morgan fingerprint density at radius 3 is 2.09 bits per heavy atom. The summed E-state index contributed by atoms with van der Waals surface area (Å²) in [4.78, 5) is 23.6. The Hall–Kier alpha value is -3.22. The third kappa shape index (κ3) is 7.38. The molecule has 12 heteroatoms. The second-order valence-corrected chi connectivity index (χ2v) is 9.08. The van der Waals surface area contributed by atoms with Crippen LogP contribution in [-0.4, -0.2) is 54.9 Å². The van der Waals surface area contributed by atoms with E-state index in [4.69, 9.17) is 26.6 Å². The average Bonchev–Trinajstić information content (AvgIpc) is 2.79. The number of hydrogen-bond acceptors (Lipinski definition) is 7. The highest BCUT2D eigenvalue weighted by Crippen LogP contribution is 2.41. The number of carboxylic acid groups (broad SMARTS) is 2. The Labute approximate surface area is 207 Å². The van der Waals surface area contributed by atoms with Crippen LogP contribution in [0.2, 0.25) is 5.02 Å². The fourth-order valence-corrected chi connectivity index (χ4v) is 4.16. The van der Waals surface area contributed by atoms with Crippen LogP contribution in [0.25, 0.3) is 0 Å². The van der Waals surface area contributed by atoms with Crippen LogP contribution < -0.4 is 11.1 Å². The van der Waals surface area contributed by atoms with Crippen LogP contribution in [0.15, 0.2) is 82.0 Å². The maximum Gasteiger partial charge on any atom is 0.334 e. The van der Waals surface area contributed by atoms with E-state index < -0.39 is 28.0 Å². The molecule has 0 saturated heterocycles. The van der Waals surface area contributed by atoms with Gasteiger partial charge in [0.25, 0.3) is 10.1 Å². The van der Waals surface area contributed by atoms with E-state index in [1.165, 1.54) is 12.1 Å². The Balaban J connectivity index is 0.000000360. The van der Waals surface area contributed by atoms with E-state index in [1.54, 1.807) is 49.4 Å². The van der Waals surface area contributed by atoms with Crippen LogP contribution >= 0.6 is 11.6 Å². The molecule has 10 nitrogen and oxygen atoms in total. The Morgan fingerprint density at radius 1 is 1.03 bits per heavy atom. The summed E-state index contributed by atoms with van der Waals surface area (Å²) in [7, 11) is -4.00. The molecule has 6 N–H and O–H groups in total. The molecule has 0 spiro atoms. The van der Waals surface area contributed by atoms with Crippen LogP contribution in [0, 0.1) is 0 Å². The van der Waals surface area contributed by atoms with E-state index in [2.05, 4.69) is 5.32 Å². The van der Waals surface area contributed by atoms with Crippen molar-refractivity contribution in [2.45, 2.75) is 17.7 Å². The predicted octanol–water partition coefficient (Wildman–Crippen LogP) is 2.63. The van der Waals surface area contributed by atoms with Crippen molar-refractivity contribution in [3.05, 3.63) is 87.7 Å². The summed E-state index contributed by atoms with van der Waals surface area (Å²) in [6.07, 6.45) is 0. The molecule has 0 fully saturated rings. The lowest BCUT2D eigenvalue weighted by Gasteiger charge is -2.30. The van der Waals surface area contributed by atoms with Crippen LogP contribution in [0.5, 0.6) is 0 Å². The number of dihydropyridines is 1. The van der Waals surface area contributed by atoms with Crippen molar-refractivity contribution in [3.63, 3.8) is 0 Å². The molecule has 0 radical (unpaired) electrons. The molecule has 188 valence electrons. The van der Waals surface area contributed by atoms with Gasteiger partial charge in [-0.3, -0.25) is 4.55 Å². The summed E-state index contributed by atoms with van der Waals surface area (Å²) >= 11 is 6.22. The third-order valence-corrected chi connectivity index (χ3v) is 6.08. The highest BCUT2D eigenvalue weighted by Gasteiger charge is 2.38. The van der Waals surface area contributed by atoms with E-state index in [0.717, 1.165) is 0 Å². The van der Waals surface area contributed by atoms with Crippen molar-refractivity contribution >= 4 is 33.7 Å². The van der Waals surface area contributed by atoms with E-state index in [0.29, 0.717) is 22.8 Å². The summed E-state index contributed by atoms with van der Waals surface area (Å²) in [6.45, 7) is 2.10. The Bertz CT molecular complexity index is 1240. The summed E-state index contributed by atoms with van der Waals surface area (Å²) in [5.74, 6) is -3.47. The van der Waals surface area contributed by atoms with Gasteiger partial charge in [-0.2, -0.15) is 8.42 Å². The molecule has 0 bridgehead atoms. The highest BCUT2D eigenvalue weighted by molar-refractivity contribution is 7.85. The molecular weight excluding hydrogens is 500 g/mol. The molecule has 1 aliphatic rings. The fraction of sp³-hybridized carbons (Fsp3) is 0.217. The number of benzene rings is 2. The number of rotatable bonds is 8. The van der Waals surface area contributed by atoms with Crippen LogP contribution in [-0.2, 0) is 24.4 Å². The van der Waals surface area contributed by atoms with Gasteiger partial charge in [-0.15, -0.1) is 0 Å². The monoisotopic (exact) mass is 524 g/mol. The molecule has 0 aromatic heterocycles. The smallest absolute Gasteiger partial charge is 0.334 e. The molecule has 2 aromatic carbocycles. The second-order valence-electron chi connectivity index (χ2n) is 7.25. The quantitative estimate of drug-likeness (QED) is 0.255. The van der Waals surface area contributed by atoms with E-state index in [-0.39, 0.29) is 35.0 Å². The SMILES string of the molecule is CC1=C(C(=O)O)[C@H](c2ccccc2Cl)C(C(=O)O)=C(COCCN)N1.O=S(=O)(O)c1ccccc1. The first kappa shape index (κ1) is 28.0. The maximum absolute atomic E-state index is 11.9. The molecular formula is C23H25ClN2O8S. The first-order chi connectivity index (χ1) is 16.5. The minimum Gasteiger partial charge on any atom is -0.478 e. The van der Waals surface area contributed by atoms with Crippen molar-refractivity contribution in [2.75, 3.05) is 19.8 Å². The lowest BCUT2D eigenvalue weighted by Crippen LogP contribution is -2.34. The normalized spacial score (nSPS) is 15.7. The predicted molar refractivity (Wildman–Crippen MR) is 128 cm³/mol. The zero-order valence-electron chi connectivity index (χ0n) is 18.6. The van der Waals surface area contributed by atoms with Gasteiger partial charge < -0.3 is 26.0 Å². The number of allylic oxidation sites excluding steroid dienone is 1. The number of aliphatic carboxylic acids is 2. The number of carboxylic acids is 2. The molecule has 0 amide bonds. The molecule has 1 aliphatic heterocycles. The number of ether oxygens (including phenoxy) is 1. The van der Waals surface area contributed by atoms with Crippen molar-refractivity contribution in [1.29, 1.82) is 0 Å². The fourth-order valence-electron chi connectivity index (χ4n) is 3.42. The molecule has 3 rings (SSSR count). The lowest BCUT2D eigenvalue weighted by atomic mass is 9.80. The zero-order chi connectivity index (χ0) is 26.2. The van der Waals surface area contributed by atoms with E-state index in [1.807, 2.05) is 0 Å². The van der Waals surface area contributed by atoms with Gasteiger partial charge in [-0.05, 0) is 30.7 Å². The van der Waals surface area contributed by atoms with Gasteiger partial charge in [0.2, 0.25) is 0 Å². The van der Waals surface area contributed by atoms with Gasteiger partial charge in [0, 0.05) is 17.3 Å². The number of carbonyl (C=O) groups is 2. The highest BCUT2D eigenvalue weighted by atomic mass is 35.5. The van der Waals surface area contributed by atoms with E-state index in [9.17, 15) is 28.2 Å². The second kappa shape index (κ2) is 12.5. The zero-order valence-corrected chi connectivity index (χ0v) is 20.2. The maximum atomic E-state index is 11.9. The van der Waals surface area contributed by atoms with Crippen molar-refractivity contribution < 1.29 is 37.5 Å². The van der Waals surface area contributed by atoms with E-state index >= 15 is 0 Å². The summed E-state index contributed by atoms with van der Waals surface area (Å²) in [5.41, 5.74) is 6.26. The first-order valence-electron chi connectivity index (χ1n) is 10.2. The number of nitrogens with one attached hydrogen (secondary N) is 1. The largest absolute Gasteiger partial charge is 0.478 e. The van der Waals surface area contributed by atoms with Crippen LogP contribution in [0.4, 0.5) is 0 Å². The summed E-state index contributed by atoms with van der Waals surface area (Å²) in [6, 6.07) is 14.0. The molecule has 1 heterocycles. The van der Waals surface area contributed by atoms with Gasteiger partial charge >= 0.3 is 11.9 Å². The summed E-state index contributed by atoms with van der Waals surface area (Å²) < 4.78 is 34.6. The molecule has 0 saturated carbocycles. The van der Waals surface area contributed by atoms with Crippen molar-refractivity contribution in [3.8, 4) is 0 Å². The molecule has 2 aromatic rings. The van der Waals surface area contributed by atoms with Gasteiger partial charge in [0.05, 0.1) is 40.9 Å². The topological polar surface area (TPSA) is 176 Å². The molecule has 0 unspecified atom stereocenters. The van der Waals surface area contributed by atoms with Crippen molar-refractivity contribution in [1.82, 2.24) is 5.32 Å². The summed E-state index contributed by atoms with van der Waals surface area (Å²) in [5, 5.41) is 22.5.